The molecule has 0 saturated carbocycles. The minimum absolute atomic E-state index is 0.0552. The molecule has 112 valence electrons. The van der Waals surface area contributed by atoms with Gasteiger partial charge in [0.05, 0.1) is 17.6 Å². The number of rotatable bonds is 5. The number of nitrogens with two attached hydrogens (primary N) is 1. The summed E-state index contributed by atoms with van der Waals surface area (Å²) >= 11 is 0. The average molecular weight is 296 g/mol. The van der Waals surface area contributed by atoms with Crippen molar-refractivity contribution in [2.75, 3.05) is 13.7 Å². The number of nitro groups is 1. The summed E-state index contributed by atoms with van der Waals surface area (Å²) in [5.74, 6) is -0.669. The zero-order valence-electron chi connectivity index (χ0n) is 11.4. The van der Waals surface area contributed by atoms with Crippen molar-refractivity contribution in [3.05, 3.63) is 40.0 Å². The molecule has 1 unspecified atom stereocenters. The zero-order chi connectivity index (χ0) is 15.6. The highest BCUT2D eigenvalue weighted by molar-refractivity contribution is 5.57. The Hall–Kier alpha value is -2.39. The third-order valence-corrected chi connectivity index (χ3v) is 2.72. The van der Waals surface area contributed by atoms with Crippen molar-refractivity contribution < 1.29 is 18.6 Å². The highest BCUT2D eigenvalue weighted by Gasteiger charge is 2.28. The number of benzene rings is 1. The Labute approximate surface area is 118 Å². The fourth-order valence-electron chi connectivity index (χ4n) is 1.74. The van der Waals surface area contributed by atoms with E-state index in [9.17, 15) is 14.5 Å². The topological polar surface area (TPSA) is 117 Å². The van der Waals surface area contributed by atoms with E-state index in [0.29, 0.717) is 0 Å². The number of nitro benzene ring substituents is 1. The fourth-order valence-corrected chi connectivity index (χ4v) is 1.74. The van der Waals surface area contributed by atoms with Gasteiger partial charge < -0.3 is 15.0 Å². The molecule has 0 spiro atoms. The van der Waals surface area contributed by atoms with Crippen LogP contribution in [0.1, 0.15) is 12.7 Å². The summed E-state index contributed by atoms with van der Waals surface area (Å²) in [7, 11) is 1.47. The molecule has 0 aliphatic carbocycles. The van der Waals surface area contributed by atoms with E-state index in [1.807, 2.05) is 0 Å². The van der Waals surface area contributed by atoms with Crippen LogP contribution >= 0.6 is 0 Å². The standard InChI is InChI=1S/C12H13FN4O4/c1-12(14,6-20-2)11-15-10(21-16-11)7-3-8(13)5-9(4-7)17(18)19/h3-5H,6,14H2,1-2H3. The van der Waals surface area contributed by atoms with Crippen LogP contribution in [0.4, 0.5) is 10.1 Å². The Morgan fingerprint density at radius 1 is 1.52 bits per heavy atom. The molecule has 0 aliphatic rings. The van der Waals surface area contributed by atoms with Gasteiger partial charge in [0.2, 0.25) is 0 Å². The van der Waals surface area contributed by atoms with Gasteiger partial charge in [-0.2, -0.15) is 4.98 Å². The van der Waals surface area contributed by atoms with E-state index in [1.54, 1.807) is 6.92 Å². The molecule has 2 N–H and O–H groups in total. The molecule has 9 heteroatoms. The Morgan fingerprint density at radius 3 is 2.86 bits per heavy atom. The number of methoxy groups -OCH3 is 1. The van der Waals surface area contributed by atoms with Crippen LogP contribution in [0, 0.1) is 15.9 Å². The average Bonchev–Trinajstić information content (AvgIpc) is 2.88. The second-order valence-corrected chi connectivity index (χ2v) is 4.73. The number of non-ortho nitro benzene ring substituents is 1. The minimum Gasteiger partial charge on any atom is -0.382 e. The first kappa shape index (κ1) is 15.0. The lowest BCUT2D eigenvalue weighted by atomic mass is 10.1. The normalized spacial score (nSPS) is 13.9. The van der Waals surface area contributed by atoms with Crippen LogP contribution < -0.4 is 5.73 Å². The Kier molecular flexibility index (Phi) is 3.96. The second-order valence-electron chi connectivity index (χ2n) is 4.73. The molecule has 1 aromatic heterocycles. The SMILES string of the molecule is COCC(C)(N)c1noc(-c2cc(F)cc([N+](=O)[O-])c2)n1. The smallest absolute Gasteiger partial charge is 0.273 e. The van der Waals surface area contributed by atoms with E-state index in [-0.39, 0.29) is 23.9 Å². The van der Waals surface area contributed by atoms with E-state index in [0.717, 1.165) is 18.2 Å². The molecule has 0 aliphatic heterocycles. The van der Waals surface area contributed by atoms with Gasteiger partial charge in [-0.25, -0.2) is 4.39 Å². The molecule has 8 nitrogen and oxygen atoms in total. The maximum absolute atomic E-state index is 13.4. The van der Waals surface area contributed by atoms with E-state index in [2.05, 4.69) is 10.1 Å². The molecule has 1 atom stereocenters. The summed E-state index contributed by atoms with van der Waals surface area (Å²) in [6.07, 6.45) is 0. The van der Waals surface area contributed by atoms with Crippen LogP contribution in [0.25, 0.3) is 11.5 Å². The summed E-state index contributed by atoms with van der Waals surface area (Å²) in [5, 5.41) is 14.4. The maximum atomic E-state index is 13.4. The molecular formula is C12H13FN4O4. The number of hydrogen-bond acceptors (Lipinski definition) is 7. The van der Waals surface area contributed by atoms with Crippen molar-refractivity contribution in [2.24, 2.45) is 5.73 Å². The lowest BCUT2D eigenvalue weighted by molar-refractivity contribution is -0.385. The van der Waals surface area contributed by atoms with E-state index < -0.39 is 22.0 Å². The first-order valence-electron chi connectivity index (χ1n) is 5.91. The molecule has 0 saturated heterocycles. The zero-order valence-corrected chi connectivity index (χ0v) is 11.4. The van der Waals surface area contributed by atoms with Crippen molar-refractivity contribution in [1.82, 2.24) is 10.1 Å². The van der Waals surface area contributed by atoms with Gasteiger partial charge in [-0.15, -0.1) is 0 Å². The van der Waals surface area contributed by atoms with Crippen molar-refractivity contribution in [3.8, 4) is 11.5 Å². The van der Waals surface area contributed by atoms with Gasteiger partial charge in [-0.05, 0) is 13.0 Å². The number of nitrogens with zero attached hydrogens (tertiary/aromatic N) is 3. The quantitative estimate of drug-likeness (QED) is 0.657. The van der Waals surface area contributed by atoms with Crippen molar-refractivity contribution >= 4 is 5.69 Å². The molecule has 2 rings (SSSR count). The van der Waals surface area contributed by atoms with Gasteiger partial charge in [0.25, 0.3) is 11.6 Å². The van der Waals surface area contributed by atoms with Gasteiger partial charge in [-0.1, -0.05) is 5.16 Å². The number of ether oxygens (including phenoxy) is 1. The predicted molar refractivity (Wildman–Crippen MR) is 69.8 cm³/mol. The molecule has 1 heterocycles. The minimum atomic E-state index is -0.990. The van der Waals surface area contributed by atoms with E-state index >= 15 is 0 Å². The fraction of sp³-hybridized carbons (Fsp3) is 0.333. The summed E-state index contributed by atoms with van der Waals surface area (Å²) in [5.41, 5.74) is 4.67. The number of hydrogen-bond donors (Lipinski definition) is 1. The van der Waals surface area contributed by atoms with Gasteiger partial charge in [-0.3, -0.25) is 10.1 Å². The number of aromatic nitrogens is 2. The van der Waals surface area contributed by atoms with Gasteiger partial charge in [0.15, 0.2) is 5.82 Å². The van der Waals surface area contributed by atoms with Crippen LogP contribution in [0.2, 0.25) is 0 Å². The monoisotopic (exact) mass is 296 g/mol. The van der Waals surface area contributed by atoms with E-state index in [1.165, 1.54) is 7.11 Å². The van der Waals surface area contributed by atoms with Crippen LogP contribution in [-0.2, 0) is 10.3 Å². The third-order valence-electron chi connectivity index (χ3n) is 2.72. The summed E-state index contributed by atoms with van der Waals surface area (Å²) in [6.45, 7) is 1.79. The molecule has 1 aromatic carbocycles. The second kappa shape index (κ2) is 5.54. The molecule has 2 aromatic rings. The maximum Gasteiger partial charge on any atom is 0.273 e. The molecule has 0 amide bonds. The Morgan fingerprint density at radius 2 is 2.24 bits per heavy atom. The van der Waals surface area contributed by atoms with E-state index in [4.69, 9.17) is 15.0 Å². The lowest BCUT2D eigenvalue weighted by Crippen LogP contribution is -2.38. The lowest BCUT2D eigenvalue weighted by Gasteiger charge is -2.18. The molecule has 21 heavy (non-hydrogen) atoms. The summed E-state index contributed by atoms with van der Waals surface area (Å²) in [4.78, 5) is 14.1. The number of halogens is 1. The van der Waals surface area contributed by atoms with Gasteiger partial charge in [0.1, 0.15) is 11.4 Å². The Bertz CT molecular complexity index is 671. The third kappa shape index (κ3) is 3.20. The van der Waals surface area contributed by atoms with Crippen molar-refractivity contribution in [2.45, 2.75) is 12.5 Å². The first-order valence-corrected chi connectivity index (χ1v) is 5.91. The highest BCUT2D eigenvalue weighted by atomic mass is 19.1. The first-order chi connectivity index (χ1) is 9.83. The van der Waals surface area contributed by atoms with Gasteiger partial charge >= 0.3 is 0 Å². The van der Waals surface area contributed by atoms with Crippen LogP contribution in [-0.4, -0.2) is 28.8 Å². The highest BCUT2D eigenvalue weighted by Crippen LogP contribution is 2.26. The summed E-state index contributed by atoms with van der Waals surface area (Å²) < 4.78 is 23.3. The molecule has 0 radical (unpaired) electrons. The van der Waals surface area contributed by atoms with Gasteiger partial charge in [0, 0.05) is 18.7 Å². The Balaban J connectivity index is 2.40. The van der Waals surface area contributed by atoms with Crippen LogP contribution in [0.5, 0.6) is 0 Å². The largest absolute Gasteiger partial charge is 0.382 e. The van der Waals surface area contributed by atoms with Crippen LogP contribution in [0.15, 0.2) is 22.7 Å². The van der Waals surface area contributed by atoms with Crippen LogP contribution in [0.3, 0.4) is 0 Å². The molecule has 0 fully saturated rings. The predicted octanol–water partition coefficient (Wildman–Crippen LogP) is 1.60. The van der Waals surface area contributed by atoms with Crippen molar-refractivity contribution in [3.63, 3.8) is 0 Å². The molecular weight excluding hydrogens is 283 g/mol. The van der Waals surface area contributed by atoms with Crippen molar-refractivity contribution in [1.29, 1.82) is 0 Å². The molecule has 0 bridgehead atoms. The summed E-state index contributed by atoms with van der Waals surface area (Å²) in [6, 6.07) is 3.01.